The summed E-state index contributed by atoms with van der Waals surface area (Å²) in [6.07, 6.45) is 4.52. The quantitative estimate of drug-likeness (QED) is 0.290. The van der Waals surface area contributed by atoms with Crippen LogP contribution in [0.15, 0.2) is 36.4 Å². The number of rotatable bonds is 8. The lowest BCUT2D eigenvalue weighted by molar-refractivity contribution is -0.142. The molecule has 1 aromatic carbocycles. The Morgan fingerprint density at radius 1 is 1.10 bits per heavy atom. The third-order valence-electron chi connectivity index (χ3n) is 11.0. The molecule has 2 aromatic rings. The molecule has 4 amide bonds. The molecule has 6 rings (SSSR count). The van der Waals surface area contributed by atoms with E-state index in [9.17, 15) is 32.7 Å². The lowest BCUT2D eigenvalue weighted by Crippen LogP contribution is -2.59. The second kappa shape index (κ2) is 14.1. The van der Waals surface area contributed by atoms with Gasteiger partial charge in [-0.1, -0.05) is 26.0 Å². The summed E-state index contributed by atoms with van der Waals surface area (Å²) in [5.74, 6) is -1.85. The van der Waals surface area contributed by atoms with E-state index in [0.717, 1.165) is 6.42 Å². The van der Waals surface area contributed by atoms with Crippen LogP contribution >= 0.6 is 0 Å². The van der Waals surface area contributed by atoms with Gasteiger partial charge in [-0.25, -0.2) is 18.2 Å². The molecule has 16 heteroatoms. The molecule has 3 fully saturated rings. The molecule has 15 nitrogen and oxygen atoms in total. The number of fused-ring (bicyclic) bond motifs is 3. The van der Waals surface area contributed by atoms with Crippen LogP contribution in [0.5, 0.6) is 17.4 Å². The van der Waals surface area contributed by atoms with E-state index in [-0.39, 0.29) is 36.9 Å². The molecule has 0 spiro atoms. The number of hydrogen-bond acceptors (Lipinski definition) is 10. The zero-order valence-electron chi connectivity index (χ0n) is 30.0. The van der Waals surface area contributed by atoms with E-state index in [1.54, 1.807) is 45.2 Å². The van der Waals surface area contributed by atoms with E-state index in [2.05, 4.69) is 20.3 Å². The first kappa shape index (κ1) is 37.2. The Hall–Kier alpha value is -4.60. The van der Waals surface area contributed by atoms with Crippen LogP contribution in [0.1, 0.15) is 65.7 Å². The highest BCUT2D eigenvalue weighted by atomic mass is 32.2. The van der Waals surface area contributed by atoms with Gasteiger partial charge in [-0.05, 0) is 81.5 Å². The maximum atomic E-state index is 14.4. The minimum Gasteiger partial charge on any atom is -0.497 e. The second-order valence-electron chi connectivity index (χ2n) is 14.9. The SMILES string of the molecule is COc1ccc2nc(OC)c(O[C@@H]3C[C@H]4C(=O)N[C@]5(C(=O)NS(=O)(=O)C6(C)CC6)C[C@H]5/C=C\CC[C@@H](C)C[C@@H](C)[C@H](NC(=O)O)C(=O)N4C3)cc2c1. The van der Waals surface area contributed by atoms with Crippen molar-refractivity contribution in [2.45, 2.75) is 94.2 Å². The molecule has 2 aliphatic heterocycles. The molecular formula is C36H47N5O10S. The van der Waals surface area contributed by atoms with E-state index >= 15 is 0 Å². The minimum absolute atomic E-state index is 0.0178. The van der Waals surface area contributed by atoms with Crippen LogP contribution in [0.25, 0.3) is 10.9 Å². The molecule has 1 aromatic heterocycles. The second-order valence-corrected chi connectivity index (χ2v) is 17.1. The number of carboxylic acid groups (broad SMARTS) is 1. The first-order valence-electron chi connectivity index (χ1n) is 17.6. The minimum atomic E-state index is -4.01. The zero-order chi connectivity index (χ0) is 37.6. The van der Waals surface area contributed by atoms with Crippen LogP contribution in [0.3, 0.4) is 0 Å². The number of nitrogens with one attached hydrogen (secondary N) is 3. The average Bonchev–Trinajstić information content (AvgIpc) is 3.98. The Kier molecular flexibility index (Phi) is 10.1. The summed E-state index contributed by atoms with van der Waals surface area (Å²) in [7, 11) is -1.02. The number of methoxy groups -OCH3 is 2. The van der Waals surface area contributed by atoms with Gasteiger partial charge in [-0.2, -0.15) is 0 Å². The van der Waals surface area contributed by atoms with Gasteiger partial charge in [0, 0.05) is 17.7 Å². The molecule has 52 heavy (non-hydrogen) atoms. The maximum Gasteiger partial charge on any atom is 0.405 e. The number of ether oxygens (including phenoxy) is 3. The van der Waals surface area contributed by atoms with Crippen molar-refractivity contribution < 1.29 is 46.9 Å². The average molecular weight is 742 g/mol. The zero-order valence-corrected chi connectivity index (χ0v) is 30.8. The van der Waals surface area contributed by atoms with Crippen LogP contribution in [-0.2, 0) is 24.4 Å². The molecule has 0 unspecified atom stereocenters. The molecule has 2 aliphatic carbocycles. The fourth-order valence-electron chi connectivity index (χ4n) is 7.38. The van der Waals surface area contributed by atoms with E-state index < -0.39 is 74.1 Å². The topological polar surface area (TPSA) is 203 Å². The first-order chi connectivity index (χ1) is 24.6. The van der Waals surface area contributed by atoms with Gasteiger partial charge < -0.3 is 34.9 Å². The summed E-state index contributed by atoms with van der Waals surface area (Å²) in [6, 6.07) is 4.69. The van der Waals surface area contributed by atoms with Crippen molar-refractivity contribution in [1.29, 1.82) is 0 Å². The number of amides is 4. The van der Waals surface area contributed by atoms with E-state index in [4.69, 9.17) is 14.2 Å². The van der Waals surface area contributed by atoms with Gasteiger partial charge in [0.15, 0.2) is 5.75 Å². The van der Waals surface area contributed by atoms with Crippen LogP contribution in [-0.4, -0.2) is 96.5 Å². The summed E-state index contributed by atoms with van der Waals surface area (Å²) in [4.78, 5) is 60.3. The molecule has 4 aliphatic rings. The lowest BCUT2D eigenvalue weighted by Gasteiger charge is -2.32. The van der Waals surface area contributed by atoms with E-state index in [1.807, 2.05) is 19.1 Å². The summed E-state index contributed by atoms with van der Waals surface area (Å²) in [6.45, 7) is 5.31. The summed E-state index contributed by atoms with van der Waals surface area (Å²) >= 11 is 0. The number of benzene rings is 1. The molecule has 7 atom stereocenters. The maximum absolute atomic E-state index is 14.4. The fourth-order valence-corrected chi connectivity index (χ4v) is 8.70. The van der Waals surface area contributed by atoms with Crippen molar-refractivity contribution in [3.05, 3.63) is 36.4 Å². The van der Waals surface area contributed by atoms with Crippen molar-refractivity contribution in [2.24, 2.45) is 17.8 Å². The Balaban J connectivity index is 1.34. The molecule has 0 bridgehead atoms. The van der Waals surface area contributed by atoms with E-state index in [1.165, 1.54) is 12.0 Å². The number of hydrogen-bond donors (Lipinski definition) is 4. The highest BCUT2D eigenvalue weighted by Crippen LogP contribution is 2.47. The molecule has 0 radical (unpaired) electrons. The van der Waals surface area contributed by atoms with Gasteiger partial charge in [0.2, 0.25) is 21.8 Å². The van der Waals surface area contributed by atoms with Gasteiger partial charge in [0.25, 0.3) is 11.8 Å². The standard InChI is InChI=1S/C36H47N5O10S/c1-20-8-6-7-9-23-18-36(23,33(44)40-52(47,48)35(3)12-13-35)39-30(42)27-17-25(19-41(27)32(43)29(21(2)14-20)38-34(45)46)51-28-16-22-15-24(49-4)10-11-26(22)37-31(28)50-5/h7,9-11,15-16,20-21,23,25,27,29,38H,6,8,12-14,17-19H2,1-5H3,(H,39,42)(H,40,44)(H,45,46)/b9-7-/t20-,21-,23-,25-,27+,29+,36-/m1/s1. The van der Waals surface area contributed by atoms with Crippen molar-refractivity contribution in [2.75, 3.05) is 20.8 Å². The van der Waals surface area contributed by atoms with Gasteiger partial charge in [-0.15, -0.1) is 0 Å². The lowest BCUT2D eigenvalue weighted by atomic mass is 9.88. The van der Waals surface area contributed by atoms with Crippen molar-refractivity contribution in [3.8, 4) is 17.4 Å². The van der Waals surface area contributed by atoms with Gasteiger partial charge in [0.05, 0.1) is 31.0 Å². The number of sulfonamides is 1. The van der Waals surface area contributed by atoms with Crippen LogP contribution < -0.4 is 29.6 Å². The molecule has 2 saturated carbocycles. The van der Waals surface area contributed by atoms with Crippen LogP contribution in [0.2, 0.25) is 0 Å². The Morgan fingerprint density at radius 2 is 1.85 bits per heavy atom. The summed E-state index contributed by atoms with van der Waals surface area (Å²) in [5, 5.41) is 15.7. The van der Waals surface area contributed by atoms with Crippen molar-refractivity contribution in [3.63, 3.8) is 0 Å². The molecule has 282 valence electrons. The molecule has 3 heterocycles. The predicted molar refractivity (Wildman–Crippen MR) is 189 cm³/mol. The number of nitrogens with zero attached hydrogens (tertiary/aromatic N) is 2. The molecule has 4 N–H and O–H groups in total. The number of pyridine rings is 1. The largest absolute Gasteiger partial charge is 0.497 e. The van der Waals surface area contributed by atoms with Gasteiger partial charge in [-0.3, -0.25) is 19.1 Å². The smallest absolute Gasteiger partial charge is 0.405 e. The molecular weight excluding hydrogens is 694 g/mol. The Morgan fingerprint density at radius 3 is 2.52 bits per heavy atom. The Labute approximate surface area is 302 Å². The number of carbonyl (C=O) groups excluding carboxylic acids is 3. The van der Waals surface area contributed by atoms with Crippen LogP contribution in [0.4, 0.5) is 4.79 Å². The normalized spacial score (nSPS) is 30.8. The highest BCUT2D eigenvalue weighted by Gasteiger charge is 2.63. The Bertz CT molecular complexity index is 1900. The summed E-state index contributed by atoms with van der Waals surface area (Å²) in [5.41, 5.74) is -0.930. The highest BCUT2D eigenvalue weighted by molar-refractivity contribution is 7.91. The monoisotopic (exact) mass is 741 g/mol. The summed E-state index contributed by atoms with van der Waals surface area (Å²) < 4.78 is 44.7. The third-order valence-corrected chi connectivity index (χ3v) is 13.1. The van der Waals surface area contributed by atoms with Crippen molar-refractivity contribution in [1.82, 2.24) is 25.2 Å². The number of carbonyl (C=O) groups is 4. The third kappa shape index (κ3) is 7.34. The van der Waals surface area contributed by atoms with E-state index in [0.29, 0.717) is 42.3 Å². The number of aromatic nitrogens is 1. The first-order valence-corrected chi connectivity index (χ1v) is 19.1. The van der Waals surface area contributed by atoms with Gasteiger partial charge >= 0.3 is 6.09 Å². The predicted octanol–water partition coefficient (Wildman–Crippen LogP) is 3.12. The van der Waals surface area contributed by atoms with Gasteiger partial charge in [0.1, 0.15) is 29.5 Å². The number of allylic oxidation sites excluding steroid dienone is 1. The van der Waals surface area contributed by atoms with Crippen LogP contribution in [0, 0.1) is 17.8 Å². The fraction of sp³-hybridized carbons (Fsp3) is 0.583. The molecule has 1 saturated heterocycles. The van der Waals surface area contributed by atoms with Crippen molar-refractivity contribution >= 4 is 44.7 Å².